The van der Waals surface area contributed by atoms with Gasteiger partial charge in [-0.05, 0) is 37.5 Å². The highest BCUT2D eigenvalue weighted by Crippen LogP contribution is 2.54. The maximum Gasteiger partial charge on any atom is 0.216 e. The maximum absolute atomic E-state index is 12.6. The van der Waals surface area contributed by atoms with Crippen LogP contribution in [0.3, 0.4) is 0 Å². The van der Waals surface area contributed by atoms with E-state index in [9.17, 15) is 14.7 Å². The molecule has 1 N–H and O–H groups in total. The van der Waals surface area contributed by atoms with Crippen LogP contribution in [-0.4, -0.2) is 21.2 Å². The Morgan fingerprint density at radius 2 is 1.73 bits per heavy atom. The van der Waals surface area contributed by atoms with Gasteiger partial charge in [-0.3, -0.25) is 9.59 Å². The highest BCUT2D eigenvalue weighted by atomic mass is 16.3. The van der Waals surface area contributed by atoms with Crippen LogP contribution in [-0.2, 0) is 10.3 Å². The summed E-state index contributed by atoms with van der Waals surface area (Å²) in [6, 6.07) is 13.4. The van der Waals surface area contributed by atoms with Crippen LogP contribution in [0.1, 0.15) is 30.3 Å². The molecule has 0 unspecified atom stereocenters. The van der Waals surface area contributed by atoms with Crippen LogP contribution in [0.5, 0.6) is 0 Å². The summed E-state index contributed by atoms with van der Waals surface area (Å²) < 4.78 is 1.91. The van der Waals surface area contributed by atoms with Gasteiger partial charge >= 0.3 is 0 Å². The SMILES string of the molecule is CC(=O)C1=C(O)C2(CC2)n2c(ccc2-c2ccccc2)C1=O. The van der Waals surface area contributed by atoms with Crippen LogP contribution in [0.25, 0.3) is 11.3 Å². The number of allylic oxidation sites excluding steroid dienone is 2. The van der Waals surface area contributed by atoms with Crippen molar-refractivity contribution >= 4 is 11.6 Å². The second-order valence-electron chi connectivity index (χ2n) is 5.95. The molecule has 4 heteroatoms. The average molecular weight is 293 g/mol. The molecule has 0 amide bonds. The third-order valence-corrected chi connectivity index (χ3v) is 4.59. The van der Waals surface area contributed by atoms with Crippen molar-refractivity contribution in [2.45, 2.75) is 25.3 Å². The Hall–Kier alpha value is -2.62. The minimum atomic E-state index is -0.612. The summed E-state index contributed by atoms with van der Waals surface area (Å²) in [5, 5.41) is 10.6. The molecule has 1 aromatic carbocycles. The van der Waals surface area contributed by atoms with Crippen molar-refractivity contribution in [2.75, 3.05) is 0 Å². The largest absolute Gasteiger partial charge is 0.509 e. The molecule has 2 heterocycles. The van der Waals surface area contributed by atoms with E-state index < -0.39 is 5.54 Å². The molecule has 2 aliphatic rings. The summed E-state index contributed by atoms with van der Waals surface area (Å²) in [6.07, 6.45) is 1.48. The number of aromatic nitrogens is 1. The predicted molar refractivity (Wildman–Crippen MR) is 81.7 cm³/mol. The monoisotopic (exact) mass is 293 g/mol. The molecular weight excluding hydrogens is 278 g/mol. The molecule has 1 aromatic heterocycles. The number of hydrogen-bond donors (Lipinski definition) is 1. The summed E-state index contributed by atoms with van der Waals surface area (Å²) in [5.41, 5.74) is 1.71. The van der Waals surface area contributed by atoms with Crippen molar-refractivity contribution in [1.82, 2.24) is 4.57 Å². The van der Waals surface area contributed by atoms with Crippen LogP contribution in [0.4, 0.5) is 0 Å². The molecule has 0 atom stereocenters. The van der Waals surface area contributed by atoms with Gasteiger partial charge in [0, 0.05) is 5.69 Å². The second kappa shape index (κ2) is 4.19. The number of carbonyl (C=O) groups is 2. The fourth-order valence-corrected chi connectivity index (χ4v) is 3.39. The number of ketones is 2. The molecule has 2 aromatic rings. The molecule has 1 aliphatic carbocycles. The van der Waals surface area contributed by atoms with Gasteiger partial charge in [0.1, 0.15) is 16.9 Å². The third-order valence-electron chi connectivity index (χ3n) is 4.59. The van der Waals surface area contributed by atoms with Crippen LogP contribution >= 0.6 is 0 Å². The van der Waals surface area contributed by atoms with Gasteiger partial charge in [-0.2, -0.15) is 0 Å². The summed E-state index contributed by atoms with van der Waals surface area (Å²) in [6.45, 7) is 1.33. The molecule has 0 saturated heterocycles. The normalized spacial score (nSPS) is 18.5. The molecule has 0 bridgehead atoms. The molecular formula is C18H15NO3. The van der Waals surface area contributed by atoms with Crippen molar-refractivity contribution in [3.63, 3.8) is 0 Å². The fraction of sp³-hybridized carbons (Fsp3) is 0.222. The predicted octanol–water partition coefficient (Wildman–Crippen LogP) is 3.24. The van der Waals surface area contributed by atoms with Gasteiger partial charge in [0.25, 0.3) is 0 Å². The molecule has 1 spiro atoms. The summed E-state index contributed by atoms with van der Waals surface area (Å²) in [4.78, 5) is 24.3. The second-order valence-corrected chi connectivity index (χ2v) is 5.95. The zero-order chi connectivity index (χ0) is 15.5. The van der Waals surface area contributed by atoms with Gasteiger partial charge in [0.15, 0.2) is 5.78 Å². The Kier molecular flexibility index (Phi) is 2.49. The Morgan fingerprint density at radius 3 is 2.32 bits per heavy atom. The number of nitrogens with zero attached hydrogens (tertiary/aromatic N) is 1. The molecule has 1 saturated carbocycles. The number of Topliss-reactive ketones (excluding diaryl/α,β-unsaturated/α-hetero) is 2. The number of fused-ring (bicyclic) bond motifs is 2. The molecule has 1 aliphatic heterocycles. The topological polar surface area (TPSA) is 59.3 Å². The lowest BCUT2D eigenvalue weighted by Crippen LogP contribution is -2.34. The molecule has 4 nitrogen and oxygen atoms in total. The van der Waals surface area contributed by atoms with Crippen molar-refractivity contribution < 1.29 is 14.7 Å². The van der Waals surface area contributed by atoms with Gasteiger partial charge in [0.05, 0.1) is 5.69 Å². The van der Waals surface area contributed by atoms with Gasteiger partial charge in [-0.1, -0.05) is 30.3 Å². The molecule has 1 fully saturated rings. The van der Waals surface area contributed by atoms with E-state index in [1.807, 2.05) is 41.0 Å². The molecule has 110 valence electrons. The summed E-state index contributed by atoms with van der Waals surface area (Å²) >= 11 is 0. The van der Waals surface area contributed by atoms with Crippen LogP contribution in [0, 0.1) is 0 Å². The average Bonchev–Trinajstić information content (AvgIpc) is 3.17. The van der Waals surface area contributed by atoms with E-state index in [1.165, 1.54) is 6.92 Å². The minimum Gasteiger partial charge on any atom is -0.509 e. The van der Waals surface area contributed by atoms with Crippen LogP contribution < -0.4 is 0 Å². The number of benzene rings is 1. The van der Waals surface area contributed by atoms with Crippen LogP contribution in [0.2, 0.25) is 0 Å². The lowest BCUT2D eigenvalue weighted by atomic mass is 9.94. The van der Waals surface area contributed by atoms with E-state index in [1.54, 1.807) is 6.07 Å². The number of hydrogen-bond acceptors (Lipinski definition) is 3. The van der Waals surface area contributed by atoms with Gasteiger partial charge in [0.2, 0.25) is 5.78 Å². The summed E-state index contributed by atoms with van der Waals surface area (Å²) in [7, 11) is 0. The Bertz CT molecular complexity index is 838. The van der Waals surface area contributed by atoms with Crippen molar-refractivity contribution in [3.8, 4) is 11.3 Å². The first-order valence-corrected chi connectivity index (χ1v) is 7.33. The standard InChI is InChI=1S/C18H15NO3/c1-11(20)15-16(21)14-8-7-13(12-5-3-2-4-6-12)19(14)18(9-10-18)17(15)22/h2-8,22H,9-10H2,1H3. The first-order valence-electron chi connectivity index (χ1n) is 7.33. The zero-order valence-electron chi connectivity index (χ0n) is 12.2. The molecule has 0 radical (unpaired) electrons. The first-order chi connectivity index (χ1) is 10.6. The Labute approximate surface area is 127 Å². The highest BCUT2D eigenvalue weighted by Gasteiger charge is 2.56. The Balaban J connectivity index is 1.98. The van der Waals surface area contributed by atoms with Gasteiger partial charge < -0.3 is 9.67 Å². The molecule has 22 heavy (non-hydrogen) atoms. The maximum atomic E-state index is 12.6. The number of aliphatic hydroxyl groups excluding tert-OH is 1. The van der Waals surface area contributed by atoms with E-state index >= 15 is 0 Å². The lowest BCUT2D eigenvalue weighted by molar-refractivity contribution is -0.113. The zero-order valence-corrected chi connectivity index (χ0v) is 12.2. The van der Waals surface area contributed by atoms with E-state index in [0.29, 0.717) is 5.69 Å². The molecule has 4 rings (SSSR count). The number of aliphatic hydroxyl groups is 1. The highest BCUT2D eigenvalue weighted by molar-refractivity contribution is 6.26. The lowest BCUT2D eigenvalue weighted by Gasteiger charge is -2.28. The van der Waals surface area contributed by atoms with Crippen LogP contribution in [0.15, 0.2) is 53.8 Å². The van der Waals surface area contributed by atoms with Crippen molar-refractivity contribution in [2.24, 2.45) is 0 Å². The summed E-state index contributed by atoms with van der Waals surface area (Å²) in [5.74, 6) is -0.821. The number of rotatable bonds is 2. The smallest absolute Gasteiger partial charge is 0.216 e. The van der Waals surface area contributed by atoms with Crippen molar-refractivity contribution in [1.29, 1.82) is 0 Å². The van der Waals surface area contributed by atoms with Gasteiger partial charge in [-0.15, -0.1) is 0 Å². The Morgan fingerprint density at radius 1 is 1.09 bits per heavy atom. The van der Waals surface area contributed by atoms with E-state index in [0.717, 1.165) is 24.1 Å². The fourth-order valence-electron chi connectivity index (χ4n) is 3.39. The first kappa shape index (κ1) is 13.1. The third kappa shape index (κ3) is 1.52. The minimum absolute atomic E-state index is 0.0530. The van der Waals surface area contributed by atoms with Crippen molar-refractivity contribution in [3.05, 3.63) is 59.5 Å². The number of carbonyl (C=O) groups excluding carboxylic acids is 2. The van der Waals surface area contributed by atoms with E-state index in [-0.39, 0.29) is 22.9 Å². The van der Waals surface area contributed by atoms with Gasteiger partial charge in [-0.25, -0.2) is 0 Å². The quantitative estimate of drug-likeness (QED) is 0.865. The van der Waals surface area contributed by atoms with E-state index in [4.69, 9.17) is 0 Å². The van der Waals surface area contributed by atoms with E-state index in [2.05, 4.69) is 0 Å².